The van der Waals surface area contributed by atoms with Gasteiger partial charge in [-0.15, -0.1) is 0 Å². The Morgan fingerprint density at radius 1 is 0.957 bits per heavy atom. The normalized spacial score (nSPS) is 14.2. The van der Waals surface area contributed by atoms with Crippen LogP contribution >= 0.6 is 0 Å². The maximum Gasteiger partial charge on any atom is 0.227 e. The van der Waals surface area contributed by atoms with E-state index in [4.69, 9.17) is 33.3 Å². The summed E-state index contributed by atoms with van der Waals surface area (Å²) in [6.45, 7) is 4.19. The van der Waals surface area contributed by atoms with Gasteiger partial charge in [0.25, 0.3) is 0 Å². The van der Waals surface area contributed by atoms with Crippen LogP contribution in [0.1, 0.15) is 32.1 Å². The van der Waals surface area contributed by atoms with Crippen molar-refractivity contribution in [1.82, 2.24) is 19.9 Å². The highest BCUT2D eigenvalue weighted by atomic mass is 32.2. The number of aryl methyl sites for hydroxylation is 1. The Kier molecular flexibility index (Phi) is 10.6. The lowest BCUT2D eigenvalue weighted by Crippen LogP contribution is -2.40. The summed E-state index contributed by atoms with van der Waals surface area (Å²) in [6.07, 6.45) is 6.12. The first-order valence-electron chi connectivity index (χ1n) is 15.3. The fourth-order valence-electron chi connectivity index (χ4n) is 5.24. The predicted octanol–water partition coefficient (Wildman–Crippen LogP) is 5.41. The van der Waals surface area contributed by atoms with Crippen LogP contribution in [0.4, 0.5) is 11.6 Å². The maximum atomic E-state index is 11.5. The number of likely N-dealkylation sites (tertiary alicyclic amines) is 1. The molecule has 2 aromatic heterocycles. The minimum absolute atomic E-state index is 0.0143. The van der Waals surface area contributed by atoms with E-state index in [9.17, 15) is 8.42 Å². The first kappa shape index (κ1) is 33.0. The van der Waals surface area contributed by atoms with Crippen molar-refractivity contribution in [2.24, 2.45) is 0 Å². The van der Waals surface area contributed by atoms with Gasteiger partial charge in [0, 0.05) is 61.9 Å². The fourth-order valence-corrected chi connectivity index (χ4v) is 5.83. The molecule has 0 radical (unpaired) electrons. The molecule has 1 aliphatic heterocycles. The molecule has 4 aromatic rings. The van der Waals surface area contributed by atoms with E-state index in [0.29, 0.717) is 65.0 Å². The lowest BCUT2D eigenvalue weighted by Gasteiger charge is -2.32. The van der Waals surface area contributed by atoms with Gasteiger partial charge in [-0.1, -0.05) is 6.92 Å². The summed E-state index contributed by atoms with van der Waals surface area (Å²) in [7, 11) is 1.84. The molecule has 0 aliphatic carbocycles. The highest BCUT2D eigenvalue weighted by molar-refractivity contribution is 7.90. The third-order valence-corrected chi connectivity index (χ3v) is 8.60. The largest absolute Gasteiger partial charge is 0.497 e. The van der Waals surface area contributed by atoms with Gasteiger partial charge in [-0.05, 0) is 49.6 Å². The second kappa shape index (κ2) is 14.8. The summed E-state index contributed by atoms with van der Waals surface area (Å²) < 4.78 is 52.2. The van der Waals surface area contributed by atoms with Crippen LogP contribution < -0.4 is 24.3 Å². The van der Waals surface area contributed by atoms with Crippen LogP contribution in [0.25, 0.3) is 22.7 Å². The van der Waals surface area contributed by atoms with E-state index in [-0.39, 0.29) is 11.9 Å². The summed E-state index contributed by atoms with van der Waals surface area (Å²) in [5.41, 5.74) is 2.71. The van der Waals surface area contributed by atoms with E-state index in [2.05, 4.69) is 22.1 Å². The van der Waals surface area contributed by atoms with E-state index >= 15 is 0 Å². The van der Waals surface area contributed by atoms with Gasteiger partial charge in [0.05, 0.1) is 27.1 Å². The summed E-state index contributed by atoms with van der Waals surface area (Å²) >= 11 is 0. The van der Waals surface area contributed by atoms with Crippen molar-refractivity contribution in [3.8, 4) is 45.7 Å². The summed E-state index contributed by atoms with van der Waals surface area (Å²) in [6, 6.07) is 13.0. The average molecular weight is 652 g/mol. The second-order valence-corrected chi connectivity index (χ2v) is 13.4. The molecular formula is C33H41N5O7S. The van der Waals surface area contributed by atoms with Crippen LogP contribution in [0.3, 0.4) is 0 Å². The summed E-state index contributed by atoms with van der Waals surface area (Å²) in [5, 5.41) is 3.26. The van der Waals surface area contributed by atoms with E-state index in [1.54, 1.807) is 39.7 Å². The lowest BCUT2D eigenvalue weighted by molar-refractivity contribution is 0.101. The Balaban J connectivity index is 1.32. The van der Waals surface area contributed by atoms with E-state index in [1.165, 1.54) is 6.26 Å². The van der Waals surface area contributed by atoms with E-state index in [0.717, 1.165) is 43.6 Å². The molecule has 1 fully saturated rings. The highest BCUT2D eigenvalue weighted by Gasteiger charge is 2.23. The van der Waals surface area contributed by atoms with Gasteiger partial charge in [0.2, 0.25) is 5.95 Å². The molecule has 0 atom stereocenters. The molecule has 3 heterocycles. The number of benzene rings is 2. The van der Waals surface area contributed by atoms with E-state index in [1.807, 2.05) is 30.3 Å². The maximum absolute atomic E-state index is 11.5. The molecule has 13 heteroatoms. The van der Waals surface area contributed by atoms with Crippen LogP contribution in [0, 0.1) is 0 Å². The minimum Gasteiger partial charge on any atom is -0.497 e. The molecule has 0 unspecified atom stereocenters. The van der Waals surface area contributed by atoms with Crippen molar-refractivity contribution >= 4 is 21.5 Å². The number of nitrogens with zero attached hydrogens (tertiary/aromatic N) is 4. The Bertz CT molecular complexity index is 1710. The number of sulfone groups is 1. The monoisotopic (exact) mass is 651 g/mol. The number of anilines is 2. The van der Waals surface area contributed by atoms with Gasteiger partial charge in [-0.3, -0.25) is 0 Å². The van der Waals surface area contributed by atoms with Crippen molar-refractivity contribution in [1.29, 1.82) is 0 Å². The number of rotatable bonds is 14. The lowest BCUT2D eigenvalue weighted by atomic mass is 10.1. The SMILES string of the molecule is CCCc1nc(-c2cc(OC)cc(OC)c2)c(-c2ccnc(Nc3ccc(OC4CCN(CCS(C)(=O)=O)CC4)c(OC)c3)n2)o1. The minimum atomic E-state index is -2.98. The molecular weight excluding hydrogens is 610 g/mol. The zero-order valence-corrected chi connectivity index (χ0v) is 27.7. The topological polar surface area (TPSA) is 138 Å². The average Bonchev–Trinajstić information content (AvgIpc) is 3.49. The fraction of sp³-hybridized carbons (Fsp3) is 0.424. The third-order valence-electron chi connectivity index (χ3n) is 7.67. The number of hydrogen-bond donors (Lipinski definition) is 1. The van der Waals surface area contributed by atoms with Gasteiger partial charge >= 0.3 is 0 Å². The molecule has 0 saturated carbocycles. The summed E-state index contributed by atoms with van der Waals surface area (Å²) in [5.74, 6) is 4.18. The van der Waals surface area contributed by atoms with Crippen LogP contribution in [0.15, 0.2) is 53.1 Å². The Labute approximate surface area is 270 Å². The zero-order valence-electron chi connectivity index (χ0n) is 26.9. The Hall–Kier alpha value is -4.36. The number of piperidine rings is 1. The Morgan fingerprint density at radius 2 is 1.70 bits per heavy atom. The van der Waals surface area contributed by atoms with Crippen LogP contribution in [-0.2, 0) is 16.3 Å². The van der Waals surface area contributed by atoms with Crippen molar-refractivity contribution < 1.29 is 31.8 Å². The van der Waals surface area contributed by atoms with Crippen molar-refractivity contribution in [2.45, 2.75) is 38.7 Å². The Morgan fingerprint density at radius 3 is 2.35 bits per heavy atom. The van der Waals surface area contributed by atoms with Crippen molar-refractivity contribution in [3.63, 3.8) is 0 Å². The second-order valence-electron chi connectivity index (χ2n) is 11.2. The van der Waals surface area contributed by atoms with Crippen molar-refractivity contribution in [2.75, 3.05) is 58.3 Å². The van der Waals surface area contributed by atoms with Crippen LogP contribution in [0.5, 0.6) is 23.0 Å². The van der Waals surface area contributed by atoms with Gasteiger partial charge in [-0.25, -0.2) is 23.4 Å². The first-order chi connectivity index (χ1) is 22.2. The first-order valence-corrected chi connectivity index (χ1v) is 17.3. The number of ether oxygens (including phenoxy) is 4. The standard InChI is InChI=1S/C33H41N5O7S/c1-6-7-30-37-31(22-18-25(41-2)21-26(19-22)42-3)32(45-30)27-10-13-34-33(36-27)35-23-8-9-28(29(20-23)43-4)44-24-11-14-38(15-12-24)16-17-46(5,39)40/h8-10,13,18-21,24H,6-7,11-12,14-17H2,1-5H3,(H,34,35,36). The smallest absolute Gasteiger partial charge is 0.227 e. The molecule has 0 amide bonds. The molecule has 0 spiro atoms. The molecule has 1 aliphatic rings. The van der Waals surface area contributed by atoms with Crippen molar-refractivity contribution in [3.05, 3.63) is 54.6 Å². The number of aromatic nitrogens is 3. The molecule has 46 heavy (non-hydrogen) atoms. The van der Waals surface area contributed by atoms with Gasteiger partial charge in [0.15, 0.2) is 23.1 Å². The van der Waals surface area contributed by atoms with E-state index < -0.39 is 9.84 Å². The summed E-state index contributed by atoms with van der Waals surface area (Å²) in [4.78, 5) is 16.2. The molecule has 12 nitrogen and oxygen atoms in total. The van der Waals surface area contributed by atoms with Gasteiger partial charge < -0.3 is 33.6 Å². The van der Waals surface area contributed by atoms with Gasteiger partial charge in [-0.2, -0.15) is 0 Å². The molecule has 1 saturated heterocycles. The van der Waals surface area contributed by atoms with Crippen LogP contribution in [-0.4, -0.2) is 87.3 Å². The predicted molar refractivity (Wildman–Crippen MR) is 176 cm³/mol. The third kappa shape index (κ3) is 8.46. The molecule has 1 N–H and O–H groups in total. The van der Waals surface area contributed by atoms with Gasteiger partial charge in [0.1, 0.15) is 38.8 Å². The van der Waals surface area contributed by atoms with Crippen LogP contribution in [0.2, 0.25) is 0 Å². The number of oxazole rings is 1. The number of hydrogen-bond acceptors (Lipinski definition) is 12. The quantitative estimate of drug-likeness (QED) is 0.187. The molecule has 2 aromatic carbocycles. The number of methoxy groups -OCH3 is 3. The molecule has 5 rings (SSSR count). The molecule has 0 bridgehead atoms. The highest BCUT2D eigenvalue weighted by Crippen LogP contribution is 2.37. The number of nitrogens with one attached hydrogen (secondary N) is 1. The molecule has 246 valence electrons. The zero-order chi connectivity index (χ0) is 32.7.